The first-order chi connectivity index (χ1) is 10.5. The van der Waals surface area contributed by atoms with Crippen LogP contribution >= 0.6 is 0 Å². The zero-order chi connectivity index (χ0) is 16.4. The number of rotatable bonds is 9. The van der Waals surface area contributed by atoms with Gasteiger partial charge in [0.1, 0.15) is 0 Å². The highest BCUT2D eigenvalue weighted by molar-refractivity contribution is 5.80. The predicted molar refractivity (Wildman–Crippen MR) is 84.9 cm³/mol. The molecule has 1 heterocycles. The third-order valence-corrected chi connectivity index (χ3v) is 4.14. The quantitative estimate of drug-likeness (QED) is 0.243. The number of carbonyl (C=O) groups is 2. The third kappa shape index (κ3) is 7.20. The molecule has 1 saturated heterocycles. The Morgan fingerprint density at radius 1 is 1.14 bits per heavy atom. The van der Waals surface area contributed by atoms with Gasteiger partial charge in [-0.15, -0.1) is 0 Å². The van der Waals surface area contributed by atoms with Gasteiger partial charge in [-0.1, -0.05) is 6.42 Å². The lowest BCUT2D eigenvalue weighted by atomic mass is 10.0. The van der Waals surface area contributed by atoms with Crippen LogP contribution in [0.1, 0.15) is 46.0 Å². The van der Waals surface area contributed by atoms with Gasteiger partial charge in [0.05, 0.1) is 13.2 Å². The summed E-state index contributed by atoms with van der Waals surface area (Å²) in [5, 5.41) is 5.57. The van der Waals surface area contributed by atoms with Crippen LogP contribution in [0.4, 0.5) is 0 Å². The highest BCUT2D eigenvalue weighted by Gasteiger charge is 2.26. The number of nitrogens with two attached hydrogens (primary N) is 1. The first kappa shape index (κ1) is 18.9. The molecule has 0 aliphatic carbocycles. The molecule has 1 aliphatic rings. The normalized spacial score (nSPS) is 22.3. The van der Waals surface area contributed by atoms with Crippen LogP contribution in [0.15, 0.2) is 0 Å². The Kier molecular flexibility index (Phi) is 9.03. The van der Waals surface area contributed by atoms with E-state index in [2.05, 4.69) is 34.2 Å². The highest BCUT2D eigenvalue weighted by Crippen LogP contribution is 2.21. The Labute approximate surface area is 132 Å². The van der Waals surface area contributed by atoms with Crippen LogP contribution in [0.3, 0.4) is 0 Å². The molecule has 0 spiro atoms. The molecule has 1 rings (SSSR count). The van der Waals surface area contributed by atoms with Gasteiger partial charge in [-0.05, 0) is 33.1 Å². The Bertz CT molecular complexity index is 342. The summed E-state index contributed by atoms with van der Waals surface area (Å²) in [6.45, 7) is 6.07. The van der Waals surface area contributed by atoms with E-state index in [1.807, 2.05) is 0 Å². The number of carbonyl (C=O) groups excluding carboxylic acids is 2. The van der Waals surface area contributed by atoms with Crippen LogP contribution in [0, 0.1) is 0 Å². The first-order valence-corrected chi connectivity index (χ1v) is 8.15. The number of nitrogens with one attached hydrogen (secondary N) is 2. The molecule has 1 aliphatic heterocycles. The fourth-order valence-electron chi connectivity index (χ4n) is 2.80. The largest absolute Gasteiger partial charge is 0.356 e. The Morgan fingerprint density at radius 3 is 2.41 bits per heavy atom. The van der Waals surface area contributed by atoms with E-state index in [0.717, 1.165) is 12.8 Å². The lowest BCUT2D eigenvalue weighted by Gasteiger charge is -2.38. The van der Waals surface area contributed by atoms with Crippen molar-refractivity contribution in [3.05, 3.63) is 0 Å². The van der Waals surface area contributed by atoms with Crippen LogP contribution in [-0.4, -0.2) is 55.0 Å². The van der Waals surface area contributed by atoms with Gasteiger partial charge < -0.3 is 15.5 Å². The summed E-state index contributed by atoms with van der Waals surface area (Å²) in [4.78, 5) is 30.2. The second-order valence-electron chi connectivity index (χ2n) is 5.98. The molecule has 0 bridgehead atoms. The summed E-state index contributed by atoms with van der Waals surface area (Å²) in [5.74, 6) is 4.81. The van der Waals surface area contributed by atoms with Crippen molar-refractivity contribution < 1.29 is 14.4 Å². The molecule has 4 N–H and O–H groups in total. The fourth-order valence-corrected chi connectivity index (χ4v) is 2.80. The van der Waals surface area contributed by atoms with Gasteiger partial charge in [0, 0.05) is 31.6 Å². The molecule has 22 heavy (non-hydrogen) atoms. The van der Waals surface area contributed by atoms with Crippen molar-refractivity contribution in [2.75, 3.05) is 26.2 Å². The summed E-state index contributed by atoms with van der Waals surface area (Å²) >= 11 is 0. The molecule has 1 fully saturated rings. The Morgan fingerprint density at radius 2 is 1.77 bits per heavy atom. The number of amides is 2. The second kappa shape index (κ2) is 10.5. The molecule has 7 nitrogen and oxygen atoms in total. The minimum atomic E-state index is -0.0722. The van der Waals surface area contributed by atoms with Gasteiger partial charge in [-0.25, -0.2) is 5.90 Å². The molecule has 0 aromatic carbocycles. The summed E-state index contributed by atoms with van der Waals surface area (Å²) in [6, 6.07) is 0.894. The molecule has 0 radical (unpaired) electrons. The molecule has 0 aromatic rings. The van der Waals surface area contributed by atoms with E-state index in [1.54, 1.807) is 0 Å². The van der Waals surface area contributed by atoms with Crippen LogP contribution in [-0.2, 0) is 14.4 Å². The van der Waals surface area contributed by atoms with Crippen LogP contribution in [0.25, 0.3) is 0 Å². The minimum absolute atomic E-state index is 0.00932. The lowest BCUT2D eigenvalue weighted by Crippen LogP contribution is -2.49. The number of hydrogen-bond donors (Lipinski definition) is 3. The van der Waals surface area contributed by atoms with Crippen molar-refractivity contribution in [1.82, 2.24) is 15.5 Å². The number of likely N-dealkylation sites (tertiary alicyclic amines) is 1. The fraction of sp³-hybridized carbons (Fsp3) is 0.867. The molecular weight excluding hydrogens is 289 g/mol. The Hall–Kier alpha value is -1.18. The van der Waals surface area contributed by atoms with E-state index in [0.29, 0.717) is 51.2 Å². The zero-order valence-corrected chi connectivity index (χ0v) is 13.8. The summed E-state index contributed by atoms with van der Waals surface area (Å²) in [7, 11) is 0. The Balaban J connectivity index is 2.13. The smallest absolute Gasteiger partial charge is 0.234 e. The number of nitrogens with zero attached hydrogens (tertiary/aromatic N) is 1. The van der Waals surface area contributed by atoms with Crippen LogP contribution in [0.5, 0.6) is 0 Å². The molecule has 7 heteroatoms. The monoisotopic (exact) mass is 319 g/mol. The van der Waals surface area contributed by atoms with E-state index in [-0.39, 0.29) is 11.8 Å². The van der Waals surface area contributed by atoms with Crippen molar-refractivity contribution in [1.29, 1.82) is 0 Å². The van der Waals surface area contributed by atoms with Crippen molar-refractivity contribution >= 4 is 11.8 Å². The summed E-state index contributed by atoms with van der Waals surface area (Å²) < 4.78 is 0. The van der Waals surface area contributed by atoms with E-state index < -0.39 is 0 Å². The van der Waals surface area contributed by atoms with E-state index >= 15 is 0 Å². The van der Waals surface area contributed by atoms with E-state index in [4.69, 9.17) is 5.90 Å². The van der Waals surface area contributed by atoms with Gasteiger partial charge in [0.2, 0.25) is 11.8 Å². The SMILES string of the molecule is C[C@@H]1CCC[C@H](C)[15N]1C[13C](=O)N[13CH2][13CH2][13C](=O)NCCCON. The number of hydrogen-bond acceptors (Lipinski definition) is 5. The van der Waals surface area contributed by atoms with Crippen molar-refractivity contribution in [2.24, 2.45) is 5.90 Å². The zero-order valence-electron chi connectivity index (χ0n) is 13.8. The second-order valence-corrected chi connectivity index (χ2v) is 5.98. The van der Waals surface area contributed by atoms with Crippen LogP contribution < -0.4 is 16.5 Å². The predicted octanol–water partition coefficient (Wildman–Crippen LogP) is 0.152. The maximum atomic E-state index is 12.0. The van der Waals surface area contributed by atoms with Crippen molar-refractivity contribution in [3.63, 3.8) is 0 Å². The van der Waals surface area contributed by atoms with Gasteiger partial charge >= 0.3 is 0 Å². The molecule has 0 saturated carbocycles. The maximum absolute atomic E-state index is 12.0. The maximum Gasteiger partial charge on any atom is 0.234 e. The van der Waals surface area contributed by atoms with Crippen molar-refractivity contribution in [3.8, 4) is 0 Å². The summed E-state index contributed by atoms with van der Waals surface area (Å²) in [6.07, 6.45) is 4.49. The van der Waals surface area contributed by atoms with Gasteiger partial charge in [-0.2, -0.15) is 0 Å². The molecule has 128 valence electrons. The minimum Gasteiger partial charge on any atom is -0.356 e. The average molecular weight is 319 g/mol. The van der Waals surface area contributed by atoms with Crippen LogP contribution in [0.2, 0.25) is 0 Å². The van der Waals surface area contributed by atoms with E-state index in [9.17, 15) is 9.59 Å². The molecule has 2 atom stereocenters. The molecule has 0 unspecified atom stereocenters. The first-order valence-electron chi connectivity index (χ1n) is 8.15. The number of piperidine rings is 1. The molecule has 2 amide bonds. The van der Waals surface area contributed by atoms with E-state index in [1.165, 1.54) is 6.42 Å². The standard InChI is InChI=1S/C15H30N4O3/c1-12-5-3-6-13(2)19(12)11-15(21)18-9-7-14(20)17-8-4-10-22-16/h12-13H,3-11,16H2,1-2H3,(H,17,20)(H,18,21)/t12-,13+/i7+1,9+1,14+1,15+1,19+1. The van der Waals surface area contributed by atoms with Gasteiger partial charge in [0.25, 0.3) is 0 Å². The molecular formula is C15H30N4O3. The van der Waals surface area contributed by atoms with Gasteiger partial charge in [-0.3, -0.25) is 14.5 Å². The van der Waals surface area contributed by atoms with Crippen molar-refractivity contribution in [2.45, 2.75) is 58.0 Å². The summed E-state index contributed by atoms with van der Waals surface area (Å²) in [5.41, 5.74) is 0. The molecule has 0 aromatic heterocycles. The topological polar surface area (TPSA) is 96.7 Å². The third-order valence-electron chi connectivity index (χ3n) is 4.14. The van der Waals surface area contributed by atoms with Gasteiger partial charge in [0.15, 0.2) is 0 Å². The lowest BCUT2D eigenvalue weighted by molar-refractivity contribution is -0.124. The average Bonchev–Trinajstić information content (AvgIpc) is 2.48. The highest BCUT2D eigenvalue weighted by atomic mass is 16.6.